The van der Waals surface area contributed by atoms with Gasteiger partial charge in [-0.1, -0.05) is 35.9 Å². The minimum atomic E-state index is 0.0452. The van der Waals surface area contributed by atoms with Crippen molar-refractivity contribution in [2.75, 3.05) is 27.3 Å². The Morgan fingerprint density at radius 2 is 1.85 bits per heavy atom. The van der Waals surface area contributed by atoms with Gasteiger partial charge in [0.25, 0.3) is 0 Å². The van der Waals surface area contributed by atoms with Crippen molar-refractivity contribution in [3.05, 3.63) is 59.2 Å². The molecule has 1 aliphatic rings. The molecule has 1 unspecified atom stereocenters. The van der Waals surface area contributed by atoms with Gasteiger partial charge in [0.2, 0.25) is 5.91 Å². The van der Waals surface area contributed by atoms with E-state index in [4.69, 9.17) is 9.47 Å². The molecular weight excluding hydrogens is 340 g/mol. The van der Waals surface area contributed by atoms with Crippen molar-refractivity contribution in [2.24, 2.45) is 0 Å². The Kier molecular flexibility index (Phi) is 6.35. The highest BCUT2D eigenvalue weighted by Crippen LogP contribution is 2.31. The van der Waals surface area contributed by atoms with E-state index in [1.54, 1.807) is 14.2 Å². The average Bonchev–Trinajstić information content (AvgIpc) is 3.14. The summed E-state index contributed by atoms with van der Waals surface area (Å²) in [6.07, 6.45) is 2.23. The largest absolute Gasteiger partial charge is 0.493 e. The van der Waals surface area contributed by atoms with Crippen molar-refractivity contribution in [2.45, 2.75) is 32.4 Å². The molecule has 1 saturated heterocycles. The number of carbonyl (C=O) groups excluding carboxylic acids is 1. The van der Waals surface area contributed by atoms with E-state index in [9.17, 15) is 4.79 Å². The highest BCUT2D eigenvalue weighted by molar-refractivity contribution is 5.78. The van der Waals surface area contributed by atoms with Crippen molar-refractivity contribution in [1.29, 1.82) is 0 Å². The molecule has 3 rings (SSSR count). The predicted molar refractivity (Wildman–Crippen MR) is 106 cm³/mol. The van der Waals surface area contributed by atoms with E-state index in [0.29, 0.717) is 30.6 Å². The van der Waals surface area contributed by atoms with Crippen LogP contribution in [0.25, 0.3) is 0 Å². The van der Waals surface area contributed by atoms with E-state index in [1.807, 2.05) is 18.2 Å². The van der Waals surface area contributed by atoms with E-state index >= 15 is 0 Å². The molecule has 1 amide bonds. The molecule has 1 aliphatic heterocycles. The second kappa shape index (κ2) is 8.91. The van der Waals surface area contributed by atoms with E-state index in [2.05, 4.69) is 41.4 Å². The zero-order valence-electron chi connectivity index (χ0n) is 16.3. The summed E-state index contributed by atoms with van der Waals surface area (Å²) in [5, 5.41) is 3.02. The van der Waals surface area contributed by atoms with Crippen molar-refractivity contribution >= 4 is 5.91 Å². The number of ether oxygens (including phenoxy) is 2. The lowest BCUT2D eigenvalue weighted by Crippen LogP contribution is -2.36. The summed E-state index contributed by atoms with van der Waals surface area (Å²) in [7, 11) is 3.22. The Hall–Kier alpha value is -2.53. The quantitative estimate of drug-likeness (QED) is 0.813. The number of likely N-dealkylation sites (tertiary alicyclic amines) is 1. The number of carbonyl (C=O) groups is 1. The maximum absolute atomic E-state index is 12.5. The topological polar surface area (TPSA) is 50.8 Å². The van der Waals surface area contributed by atoms with Gasteiger partial charge in [-0.25, -0.2) is 0 Å². The van der Waals surface area contributed by atoms with Crippen LogP contribution in [0.3, 0.4) is 0 Å². The summed E-state index contributed by atoms with van der Waals surface area (Å²) in [5.41, 5.74) is 3.54. The first-order valence-corrected chi connectivity index (χ1v) is 9.39. The molecule has 2 aromatic carbocycles. The van der Waals surface area contributed by atoms with Gasteiger partial charge in [-0.2, -0.15) is 0 Å². The second-order valence-corrected chi connectivity index (χ2v) is 7.01. The summed E-state index contributed by atoms with van der Waals surface area (Å²) in [6.45, 7) is 3.95. The number of methoxy groups -OCH3 is 2. The van der Waals surface area contributed by atoms with E-state index < -0.39 is 0 Å². The second-order valence-electron chi connectivity index (χ2n) is 7.01. The molecule has 0 aromatic heterocycles. The summed E-state index contributed by atoms with van der Waals surface area (Å²) >= 11 is 0. The van der Waals surface area contributed by atoms with Crippen LogP contribution in [0.5, 0.6) is 11.5 Å². The summed E-state index contributed by atoms with van der Waals surface area (Å²) in [6, 6.07) is 14.7. The monoisotopic (exact) mass is 368 g/mol. The van der Waals surface area contributed by atoms with Crippen molar-refractivity contribution in [3.63, 3.8) is 0 Å². The number of nitrogens with zero attached hydrogens (tertiary/aromatic N) is 1. The van der Waals surface area contributed by atoms with Crippen molar-refractivity contribution in [3.8, 4) is 11.5 Å². The van der Waals surface area contributed by atoms with Crippen molar-refractivity contribution < 1.29 is 14.3 Å². The number of aryl methyl sites for hydroxylation is 1. The van der Waals surface area contributed by atoms with Gasteiger partial charge in [0.05, 0.1) is 20.8 Å². The molecule has 0 spiro atoms. The van der Waals surface area contributed by atoms with E-state index in [0.717, 1.165) is 24.9 Å². The fourth-order valence-corrected chi connectivity index (χ4v) is 3.61. The first kappa shape index (κ1) is 19.2. The van der Waals surface area contributed by atoms with Gasteiger partial charge >= 0.3 is 0 Å². The van der Waals surface area contributed by atoms with Crippen LogP contribution in [0.1, 0.15) is 35.6 Å². The summed E-state index contributed by atoms with van der Waals surface area (Å²) < 4.78 is 10.6. The number of hydrogen-bond donors (Lipinski definition) is 1. The number of amides is 1. The maximum atomic E-state index is 12.5. The third kappa shape index (κ3) is 4.80. The minimum Gasteiger partial charge on any atom is -0.493 e. The SMILES string of the molecule is COc1ccc(CNC(=O)CN2CCCC2c2ccc(C)cc2)cc1OC. The molecule has 2 aromatic rings. The molecule has 0 bridgehead atoms. The normalized spacial score (nSPS) is 16.9. The Morgan fingerprint density at radius 1 is 1.11 bits per heavy atom. The maximum Gasteiger partial charge on any atom is 0.234 e. The Labute approximate surface area is 161 Å². The van der Waals surface area contributed by atoms with Crippen LogP contribution in [0.2, 0.25) is 0 Å². The average molecular weight is 368 g/mol. The van der Waals surface area contributed by atoms with Gasteiger partial charge < -0.3 is 14.8 Å². The lowest BCUT2D eigenvalue weighted by Gasteiger charge is -2.24. The third-order valence-electron chi connectivity index (χ3n) is 5.11. The Morgan fingerprint density at radius 3 is 2.56 bits per heavy atom. The number of rotatable bonds is 7. The molecule has 0 radical (unpaired) electrons. The Bertz CT molecular complexity index is 774. The van der Waals surface area contributed by atoms with Gasteiger partial charge in [0.15, 0.2) is 11.5 Å². The third-order valence-corrected chi connectivity index (χ3v) is 5.11. The fraction of sp³-hybridized carbons (Fsp3) is 0.409. The number of benzene rings is 2. The van der Waals surface area contributed by atoms with E-state index in [1.165, 1.54) is 11.1 Å². The summed E-state index contributed by atoms with van der Waals surface area (Å²) in [4.78, 5) is 14.7. The molecule has 1 fully saturated rings. The van der Waals surface area contributed by atoms with Crippen LogP contribution in [-0.4, -0.2) is 38.1 Å². The lowest BCUT2D eigenvalue weighted by molar-refractivity contribution is -0.122. The van der Waals surface area contributed by atoms with Gasteiger partial charge in [0.1, 0.15) is 0 Å². The fourth-order valence-electron chi connectivity index (χ4n) is 3.61. The van der Waals surface area contributed by atoms with Gasteiger partial charge in [-0.15, -0.1) is 0 Å². The molecule has 0 aliphatic carbocycles. The first-order chi connectivity index (χ1) is 13.1. The van der Waals surface area contributed by atoms with Crippen LogP contribution < -0.4 is 14.8 Å². The molecule has 144 valence electrons. The smallest absolute Gasteiger partial charge is 0.234 e. The highest BCUT2D eigenvalue weighted by atomic mass is 16.5. The van der Waals surface area contributed by atoms with Gasteiger partial charge in [0, 0.05) is 12.6 Å². The number of hydrogen-bond acceptors (Lipinski definition) is 4. The highest BCUT2D eigenvalue weighted by Gasteiger charge is 2.27. The minimum absolute atomic E-state index is 0.0452. The molecule has 27 heavy (non-hydrogen) atoms. The van der Waals surface area contributed by atoms with E-state index in [-0.39, 0.29) is 5.91 Å². The van der Waals surface area contributed by atoms with Crippen LogP contribution in [0, 0.1) is 6.92 Å². The van der Waals surface area contributed by atoms with Gasteiger partial charge in [-0.3, -0.25) is 9.69 Å². The van der Waals surface area contributed by atoms with Crippen LogP contribution in [0.15, 0.2) is 42.5 Å². The molecule has 0 saturated carbocycles. The summed E-state index contributed by atoms with van der Waals surface area (Å²) in [5.74, 6) is 1.40. The molecule has 5 heteroatoms. The van der Waals surface area contributed by atoms with Gasteiger partial charge in [-0.05, 0) is 49.6 Å². The molecule has 1 N–H and O–H groups in total. The predicted octanol–water partition coefficient (Wildman–Crippen LogP) is 3.47. The molecule has 5 nitrogen and oxygen atoms in total. The zero-order chi connectivity index (χ0) is 19.2. The van der Waals surface area contributed by atoms with Crippen LogP contribution in [-0.2, 0) is 11.3 Å². The zero-order valence-corrected chi connectivity index (χ0v) is 16.3. The van der Waals surface area contributed by atoms with Crippen LogP contribution >= 0.6 is 0 Å². The molecule has 1 heterocycles. The number of nitrogens with one attached hydrogen (secondary N) is 1. The first-order valence-electron chi connectivity index (χ1n) is 9.39. The lowest BCUT2D eigenvalue weighted by atomic mass is 10.0. The Balaban J connectivity index is 1.56. The van der Waals surface area contributed by atoms with Crippen molar-refractivity contribution in [1.82, 2.24) is 10.2 Å². The molecular formula is C22H28N2O3. The molecule has 1 atom stereocenters. The van der Waals surface area contributed by atoms with Crippen LogP contribution in [0.4, 0.5) is 0 Å². The standard InChI is InChI=1S/C22H28N2O3/c1-16-6-9-18(10-7-16)19-5-4-12-24(19)15-22(25)23-14-17-8-11-20(26-2)21(13-17)27-3/h6-11,13,19H,4-5,12,14-15H2,1-3H3,(H,23,25).